The van der Waals surface area contributed by atoms with Gasteiger partial charge < -0.3 is 5.11 Å². The Hall–Kier alpha value is -2.18. The summed E-state index contributed by atoms with van der Waals surface area (Å²) < 4.78 is 1.27. The molecule has 0 amide bonds. The minimum Gasteiger partial charge on any atom is -0.476 e. The number of carboxylic acids is 1. The van der Waals surface area contributed by atoms with Crippen molar-refractivity contribution in [2.75, 3.05) is 0 Å². The van der Waals surface area contributed by atoms with Crippen molar-refractivity contribution in [1.29, 1.82) is 0 Å². The van der Waals surface area contributed by atoms with Crippen LogP contribution in [0.3, 0.4) is 0 Å². The largest absolute Gasteiger partial charge is 0.476 e. The number of allylic oxidation sites excluding steroid dienone is 1. The maximum absolute atomic E-state index is 10.7. The Morgan fingerprint density at radius 1 is 1.75 bits per heavy atom. The fourth-order valence-electron chi connectivity index (χ4n) is 1.21. The number of hydrogen-bond donors (Lipinski definition) is 1. The highest BCUT2D eigenvalue weighted by Gasteiger charge is 2.24. The van der Waals surface area contributed by atoms with Gasteiger partial charge >= 0.3 is 11.7 Å². The van der Waals surface area contributed by atoms with E-state index in [1.54, 1.807) is 6.08 Å². The molecule has 16 heavy (non-hydrogen) atoms. The summed E-state index contributed by atoms with van der Waals surface area (Å²) in [5.41, 5.74) is -1.00. The summed E-state index contributed by atoms with van der Waals surface area (Å²) in [5.74, 6) is -1.39. The number of carboxylic acid groups (broad SMARTS) is 1. The zero-order valence-corrected chi connectivity index (χ0v) is 8.50. The molecule has 0 spiro atoms. The third kappa shape index (κ3) is 2.66. The average Bonchev–Trinajstić information content (AvgIpc) is 2.62. The van der Waals surface area contributed by atoms with Gasteiger partial charge in [0.25, 0.3) is 0 Å². The number of nitro groups is 1. The molecule has 0 radical (unpaired) electrons. The molecule has 0 saturated carbocycles. The predicted molar refractivity (Wildman–Crippen MR) is 55.3 cm³/mol. The van der Waals surface area contributed by atoms with Crippen molar-refractivity contribution >= 4 is 11.7 Å². The van der Waals surface area contributed by atoms with E-state index in [4.69, 9.17) is 5.11 Å². The van der Waals surface area contributed by atoms with E-state index in [1.165, 1.54) is 4.68 Å². The van der Waals surface area contributed by atoms with Crippen LogP contribution in [-0.2, 0) is 6.54 Å². The van der Waals surface area contributed by atoms with Crippen molar-refractivity contribution in [3.63, 3.8) is 0 Å². The monoisotopic (exact) mass is 225 g/mol. The highest BCUT2D eigenvalue weighted by atomic mass is 16.6. The normalized spacial score (nSPS) is 10.0. The lowest BCUT2D eigenvalue weighted by molar-refractivity contribution is -0.385. The molecule has 0 aliphatic rings. The van der Waals surface area contributed by atoms with Crippen LogP contribution in [0.2, 0.25) is 0 Å². The minimum atomic E-state index is -1.39. The first-order chi connectivity index (χ1) is 7.56. The standard InChI is InChI=1S/C9H11N3O4/c1-2-3-4-5-11-6-7(12(15)16)8(10-11)9(13)14/h2,6H,1,3-5H2,(H,13,14). The lowest BCUT2D eigenvalue weighted by Gasteiger charge is -1.96. The van der Waals surface area contributed by atoms with E-state index in [0.717, 1.165) is 12.6 Å². The SMILES string of the molecule is C=CCCCn1cc([N+](=O)[O-])c(C(=O)O)n1. The molecule has 0 aliphatic carbocycles. The fourth-order valence-corrected chi connectivity index (χ4v) is 1.21. The van der Waals surface area contributed by atoms with Crippen LogP contribution < -0.4 is 0 Å². The molecule has 0 unspecified atom stereocenters. The van der Waals surface area contributed by atoms with Crippen LogP contribution in [0.25, 0.3) is 0 Å². The van der Waals surface area contributed by atoms with E-state index in [9.17, 15) is 14.9 Å². The van der Waals surface area contributed by atoms with Gasteiger partial charge in [-0.05, 0) is 12.8 Å². The third-order valence-electron chi connectivity index (χ3n) is 1.94. The molecule has 1 aromatic heterocycles. The van der Waals surface area contributed by atoms with E-state index < -0.39 is 22.3 Å². The van der Waals surface area contributed by atoms with Crippen LogP contribution in [0, 0.1) is 10.1 Å². The Labute approximate surface area is 91.1 Å². The van der Waals surface area contributed by atoms with Gasteiger partial charge in [-0.3, -0.25) is 14.8 Å². The lowest BCUT2D eigenvalue weighted by Crippen LogP contribution is -2.03. The smallest absolute Gasteiger partial charge is 0.363 e. The summed E-state index contributed by atoms with van der Waals surface area (Å²) in [5, 5.41) is 22.9. The van der Waals surface area contributed by atoms with E-state index in [1.807, 2.05) is 0 Å². The molecule has 0 saturated heterocycles. The first-order valence-electron chi connectivity index (χ1n) is 4.62. The van der Waals surface area contributed by atoms with Gasteiger partial charge in [-0.25, -0.2) is 4.79 Å². The molecular formula is C9H11N3O4. The summed E-state index contributed by atoms with van der Waals surface area (Å²) in [6.07, 6.45) is 4.31. The van der Waals surface area contributed by atoms with E-state index in [-0.39, 0.29) is 0 Å². The molecule has 1 rings (SSSR count). The molecule has 86 valence electrons. The van der Waals surface area contributed by atoms with Crippen molar-refractivity contribution in [3.8, 4) is 0 Å². The van der Waals surface area contributed by atoms with Crippen LogP contribution in [0.1, 0.15) is 23.3 Å². The Kier molecular flexibility index (Phi) is 3.76. The van der Waals surface area contributed by atoms with Crippen molar-refractivity contribution in [2.24, 2.45) is 0 Å². The van der Waals surface area contributed by atoms with Crippen LogP contribution in [0.5, 0.6) is 0 Å². The molecule has 1 N–H and O–H groups in total. The van der Waals surface area contributed by atoms with Gasteiger partial charge in [0.1, 0.15) is 6.20 Å². The quantitative estimate of drug-likeness (QED) is 0.342. The van der Waals surface area contributed by atoms with Crippen LogP contribution in [-0.4, -0.2) is 25.8 Å². The van der Waals surface area contributed by atoms with Crippen LogP contribution >= 0.6 is 0 Å². The minimum absolute atomic E-state index is 0.431. The number of aromatic nitrogens is 2. The second-order valence-electron chi connectivity index (χ2n) is 3.12. The van der Waals surface area contributed by atoms with Crippen molar-refractivity contribution < 1.29 is 14.8 Å². The van der Waals surface area contributed by atoms with Gasteiger partial charge in [-0.15, -0.1) is 6.58 Å². The topological polar surface area (TPSA) is 98.3 Å². The number of unbranched alkanes of at least 4 members (excludes halogenated alkanes) is 1. The molecule has 1 aromatic rings. The van der Waals surface area contributed by atoms with Gasteiger partial charge in [0, 0.05) is 6.54 Å². The Morgan fingerprint density at radius 2 is 2.44 bits per heavy atom. The molecule has 0 aromatic carbocycles. The summed E-state index contributed by atoms with van der Waals surface area (Å²) >= 11 is 0. The van der Waals surface area contributed by atoms with E-state index in [2.05, 4.69) is 11.7 Å². The molecule has 0 atom stereocenters. The summed E-state index contributed by atoms with van der Waals surface area (Å²) in [6, 6.07) is 0. The number of nitrogens with zero attached hydrogens (tertiary/aromatic N) is 3. The Bertz CT molecular complexity index is 393. The van der Waals surface area contributed by atoms with Crippen molar-refractivity contribution in [2.45, 2.75) is 19.4 Å². The maximum Gasteiger partial charge on any atom is 0.363 e. The average molecular weight is 225 g/mol. The summed E-state index contributed by atoms with van der Waals surface area (Å²) in [7, 11) is 0. The molecule has 7 heteroatoms. The zero-order chi connectivity index (χ0) is 12.1. The third-order valence-corrected chi connectivity index (χ3v) is 1.94. The Balaban J connectivity index is 2.88. The van der Waals surface area contributed by atoms with Gasteiger partial charge in [0.15, 0.2) is 0 Å². The maximum atomic E-state index is 10.7. The molecule has 1 heterocycles. The highest BCUT2D eigenvalue weighted by molar-refractivity contribution is 5.89. The molecule has 0 fully saturated rings. The second-order valence-corrected chi connectivity index (χ2v) is 3.12. The number of aryl methyl sites for hydroxylation is 1. The summed E-state index contributed by atoms with van der Waals surface area (Å²) in [6.45, 7) is 3.97. The van der Waals surface area contributed by atoms with Crippen molar-refractivity contribution in [3.05, 3.63) is 34.7 Å². The second kappa shape index (κ2) is 5.06. The van der Waals surface area contributed by atoms with Gasteiger partial charge in [0.05, 0.1) is 4.92 Å². The zero-order valence-electron chi connectivity index (χ0n) is 8.50. The van der Waals surface area contributed by atoms with Crippen LogP contribution in [0.4, 0.5) is 5.69 Å². The van der Waals surface area contributed by atoms with E-state index in [0.29, 0.717) is 13.0 Å². The number of aromatic carboxylic acids is 1. The Morgan fingerprint density at radius 3 is 2.88 bits per heavy atom. The van der Waals surface area contributed by atoms with Crippen LogP contribution in [0.15, 0.2) is 18.9 Å². The molecule has 0 bridgehead atoms. The molecule has 0 aliphatic heterocycles. The lowest BCUT2D eigenvalue weighted by atomic mass is 10.3. The van der Waals surface area contributed by atoms with E-state index >= 15 is 0 Å². The predicted octanol–water partition coefficient (Wildman–Crippen LogP) is 1.46. The first-order valence-corrected chi connectivity index (χ1v) is 4.62. The molecule has 7 nitrogen and oxygen atoms in total. The fraction of sp³-hybridized carbons (Fsp3) is 0.333. The highest BCUT2D eigenvalue weighted by Crippen LogP contribution is 2.16. The molecular weight excluding hydrogens is 214 g/mol. The van der Waals surface area contributed by atoms with Gasteiger partial charge in [-0.1, -0.05) is 6.08 Å². The summed E-state index contributed by atoms with van der Waals surface area (Å²) in [4.78, 5) is 20.5. The van der Waals surface area contributed by atoms with Gasteiger partial charge in [-0.2, -0.15) is 5.10 Å². The number of carbonyl (C=O) groups is 1. The first kappa shape index (κ1) is 11.9. The van der Waals surface area contributed by atoms with Crippen molar-refractivity contribution in [1.82, 2.24) is 9.78 Å². The number of hydrogen-bond acceptors (Lipinski definition) is 4. The number of rotatable bonds is 6. The van der Waals surface area contributed by atoms with Gasteiger partial charge in [0.2, 0.25) is 5.69 Å².